The van der Waals surface area contributed by atoms with Gasteiger partial charge in [0.2, 0.25) is 5.91 Å². The van der Waals surface area contributed by atoms with Crippen molar-refractivity contribution in [2.45, 2.75) is 17.3 Å². The van der Waals surface area contributed by atoms with Gasteiger partial charge >= 0.3 is 0 Å². The lowest BCUT2D eigenvalue weighted by molar-refractivity contribution is -0.114. The van der Waals surface area contributed by atoms with Crippen LogP contribution in [0.4, 0.5) is 5.69 Å². The summed E-state index contributed by atoms with van der Waals surface area (Å²) in [7, 11) is 0. The third-order valence-electron chi connectivity index (χ3n) is 2.37. The van der Waals surface area contributed by atoms with E-state index in [1.165, 1.54) is 6.92 Å². The minimum Gasteiger partial charge on any atom is -0.326 e. The van der Waals surface area contributed by atoms with Crippen molar-refractivity contribution >= 4 is 40.0 Å². The fraction of sp³-hybridized carbons (Fsp3) is 0.273. The van der Waals surface area contributed by atoms with Gasteiger partial charge in [-0.15, -0.1) is 0 Å². The van der Waals surface area contributed by atoms with Gasteiger partial charge in [-0.2, -0.15) is 0 Å². The van der Waals surface area contributed by atoms with Crippen LogP contribution in [0.15, 0.2) is 18.2 Å². The van der Waals surface area contributed by atoms with E-state index in [-0.39, 0.29) is 15.6 Å². The van der Waals surface area contributed by atoms with Crippen LogP contribution in [0, 0.1) is 0 Å². The number of nitrogens with one attached hydrogen (secondary N) is 1. The SMILES string of the molecule is CC(=O)Nc1ccc2c(c1)CC(I)C2=O. The molecule has 2 rings (SSSR count). The lowest BCUT2D eigenvalue weighted by Gasteiger charge is -2.03. The van der Waals surface area contributed by atoms with Crippen molar-refractivity contribution in [1.82, 2.24) is 0 Å². The van der Waals surface area contributed by atoms with Crippen molar-refractivity contribution in [3.8, 4) is 0 Å². The molecule has 1 aliphatic rings. The molecule has 0 saturated heterocycles. The number of benzene rings is 1. The van der Waals surface area contributed by atoms with E-state index in [1.54, 1.807) is 12.1 Å². The lowest BCUT2D eigenvalue weighted by Crippen LogP contribution is -2.06. The van der Waals surface area contributed by atoms with E-state index in [2.05, 4.69) is 27.9 Å². The number of carbonyl (C=O) groups excluding carboxylic acids is 2. The van der Waals surface area contributed by atoms with E-state index in [4.69, 9.17) is 0 Å². The average molecular weight is 315 g/mol. The Hall–Kier alpha value is -0.910. The van der Waals surface area contributed by atoms with Gasteiger partial charge in [0, 0.05) is 18.2 Å². The molecular formula is C11H10INO2. The summed E-state index contributed by atoms with van der Waals surface area (Å²) < 4.78 is 0.0465. The Morgan fingerprint density at radius 2 is 2.27 bits per heavy atom. The van der Waals surface area contributed by atoms with Crippen LogP contribution in [0.3, 0.4) is 0 Å². The highest BCUT2D eigenvalue weighted by Gasteiger charge is 2.28. The Labute approximate surface area is 101 Å². The molecule has 1 aromatic rings. The molecule has 4 heteroatoms. The van der Waals surface area contributed by atoms with Crippen molar-refractivity contribution in [3.05, 3.63) is 29.3 Å². The Balaban J connectivity index is 2.33. The number of carbonyl (C=O) groups is 2. The van der Waals surface area contributed by atoms with Crippen LogP contribution in [0.5, 0.6) is 0 Å². The molecule has 1 unspecified atom stereocenters. The molecule has 15 heavy (non-hydrogen) atoms. The van der Waals surface area contributed by atoms with Gasteiger partial charge in [0.05, 0.1) is 3.92 Å². The molecular weight excluding hydrogens is 305 g/mol. The number of alkyl halides is 1. The summed E-state index contributed by atoms with van der Waals surface area (Å²) in [6.07, 6.45) is 0.766. The number of hydrogen-bond acceptors (Lipinski definition) is 2. The monoisotopic (exact) mass is 315 g/mol. The van der Waals surface area contributed by atoms with E-state index in [1.807, 2.05) is 6.07 Å². The molecule has 0 spiro atoms. The average Bonchev–Trinajstić information content (AvgIpc) is 2.41. The van der Waals surface area contributed by atoms with E-state index in [0.29, 0.717) is 0 Å². The Kier molecular flexibility index (Phi) is 2.77. The predicted octanol–water partition coefficient (Wildman–Crippen LogP) is 2.19. The van der Waals surface area contributed by atoms with Gasteiger partial charge in [0.15, 0.2) is 5.78 Å². The number of amides is 1. The number of fused-ring (bicyclic) bond motifs is 1. The predicted molar refractivity (Wildman–Crippen MR) is 66.6 cm³/mol. The molecule has 78 valence electrons. The summed E-state index contributed by atoms with van der Waals surface area (Å²) in [5.41, 5.74) is 2.59. The van der Waals surface area contributed by atoms with E-state index in [0.717, 1.165) is 23.2 Å². The quantitative estimate of drug-likeness (QED) is 0.638. The molecule has 1 aliphatic carbocycles. The number of halogens is 1. The normalized spacial score (nSPS) is 18.8. The molecule has 0 radical (unpaired) electrons. The van der Waals surface area contributed by atoms with Gasteiger partial charge in [-0.3, -0.25) is 9.59 Å². The lowest BCUT2D eigenvalue weighted by atomic mass is 10.1. The van der Waals surface area contributed by atoms with Crippen molar-refractivity contribution in [2.75, 3.05) is 5.32 Å². The third kappa shape index (κ3) is 2.04. The Bertz CT molecular complexity index is 442. The summed E-state index contributed by atoms with van der Waals surface area (Å²) >= 11 is 2.15. The van der Waals surface area contributed by atoms with E-state index < -0.39 is 0 Å². The molecule has 1 aromatic carbocycles. The van der Waals surface area contributed by atoms with Gasteiger partial charge in [-0.1, -0.05) is 22.6 Å². The molecule has 0 aliphatic heterocycles. The molecule has 1 atom stereocenters. The van der Waals surface area contributed by atoms with Crippen molar-refractivity contribution in [1.29, 1.82) is 0 Å². The first-order valence-electron chi connectivity index (χ1n) is 4.66. The topological polar surface area (TPSA) is 46.2 Å². The molecule has 1 N–H and O–H groups in total. The second kappa shape index (κ2) is 3.92. The molecule has 0 heterocycles. The highest BCUT2D eigenvalue weighted by atomic mass is 127. The maximum absolute atomic E-state index is 11.6. The summed E-state index contributed by atoms with van der Waals surface area (Å²) in [5, 5.41) is 2.71. The van der Waals surface area contributed by atoms with Crippen LogP contribution in [0.1, 0.15) is 22.8 Å². The molecule has 3 nitrogen and oxygen atoms in total. The zero-order valence-corrected chi connectivity index (χ0v) is 10.4. The third-order valence-corrected chi connectivity index (χ3v) is 3.38. The van der Waals surface area contributed by atoms with Gasteiger partial charge in [0.1, 0.15) is 0 Å². The fourth-order valence-electron chi connectivity index (χ4n) is 1.74. The summed E-state index contributed by atoms with van der Waals surface area (Å²) in [5.74, 6) is 0.102. The fourth-order valence-corrected chi connectivity index (χ4v) is 2.55. The molecule has 0 bridgehead atoms. The number of rotatable bonds is 1. The second-order valence-electron chi connectivity index (χ2n) is 3.59. The van der Waals surface area contributed by atoms with Crippen molar-refractivity contribution in [2.24, 2.45) is 0 Å². The number of hydrogen-bond donors (Lipinski definition) is 1. The van der Waals surface area contributed by atoms with Gasteiger partial charge in [0.25, 0.3) is 0 Å². The van der Waals surface area contributed by atoms with Crippen LogP contribution in [0.2, 0.25) is 0 Å². The van der Waals surface area contributed by atoms with Crippen molar-refractivity contribution < 1.29 is 9.59 Å². The molecule has 0 aromatic heterocycles. The highest BCUT2D eigenvalue weighted by molar-refractivity contribution is 14.1. The van der Waals surface area contributed by atoms with E-state index in [9.17, 15) is 9.59 Å². The maximum Gasteiger partial charge on any atom is 0.221 e. The van der Waals surface area contributed by atoms with Crippen LogP contribution < -0.4 is 5.32 Å². The minimum absolute atomic E-state index is 0.0465. The number of anilines is 1. The van der Waals surface area contributed by atoms with E-state index >= 15 is 0 Å². The number of ketones is 1. The first-order chi connectivity index (χ1) is 7.08. The first kappa shape index (κ1) is 10.6. The Morgan fingerprint density at radius 3 is 2.93 bits per heavy atom. The number of Topliss-reactive ketones (excluding diaryl/α,β-unsaturated/α-hetero) is 1. The van der Waals surface area contributed by atoms with Crippen LogP contribution in [0.25, 0.3) is 0 Å². The van der Waals surface area contributed by atoms with Gasteiger partial charge < -0.3 is 5.32 Å². The largest absolute Gasteiger partial charge is 0.326 e. The first-order valence-corrected chi connectivity index (χ1v) is 5.91. The smallest absolute Gasteiger partial charge is 0.221 e. The van der Waals surface area contributed by atoms with Gasteiger partial charge in [-0.25, -0.2) is 0 Å². The molecule has 0 fully saturated rings. The standard InChI is InChI=1S/C11H10INO2/c1-6(14)13-8-2-3-9-7(4-8)5-10(12)11(9)15/h2-4,10H,5H2,1H3,(H,13,14). The Morgan fingerprint density at radius 1 is 1.53 bits per heavy atom. The van der Waals surface area contributed by atoms with Crippen LogP contribution in [-0.4, -0.2) is 15.6 Å². The highest BCUT2D eigenvalue weighted by Crippen LogP contribution is 2.29. The zero-order chi connectivity index (χ0) is 11.0. The maximum atomic E-state index is 11.6. The molecule has 0 saturated carbocycles. The van der Waals surface area contributed by atoms with Crippen LogP contribution >= 0.6 is 22.6 Å². The summed E-state index contributed by atoms with van der Waals surface area (Å²) in [4.78, 5) is 22.5. The zero-order valence-electron chi connectivity index (χ0n) is 8.21. The summed E-state index contributed by atoms with van der Waals surface area (Å²) in [6, 6.07) is 5.45. The summed E-state index contributed by atoms with van der Waals surface area (Å²) in [6.45, 7) is 1.47. The van der Waals surface area contributed by atoms with Gasteiger partial charge in [-0.05, 0) is 30.2 Å². The second-order valence-corrected chi connectivity index (χ2v) is 5.09. The van der Waals surface area contributed by atoms with Crippen molar-refractivity contribution in [3.63, 3.8) is 0 Å². The molecule has 1 amide bonds. The van der Waals surface area contributed by atoms with Crippen LogP contribution in [-0.2, 0) is 11.2 Å². The minimum atomic E-state index is -0.0923.